The number of halogens is 1. The SMILES string of the molecule is O=C1OC[C@@H](Cc2ccccc2)N1C(=O)[C@H](F)Cc1ccccc1. The lowest BCUT2D eigenvalue weighted by molar-refractivity contribution is -0.134. The van der Waals surface area contributed by atoms with Gasteiger partial charge in [-0.05, 0) is 17.5 Å². The summed E-state index contributed by atoms with van der Waals surface area (Å²) in [5.41, 5.74) is 1.68. The Bertz CT molecular complexity index is 705. The van der Waals surface area contributed by atoms with Crippen LogP contribution in [-0.4, -0.2) is 35.7 Å². The number of amides is 2. The van der Waals surface area contributed by atoms with E-state index >= 15 is 0 Å². The maximum atomic E-state index is 14.4. The van der Waals surface area contributed by atoms with E-state index in [1.165, 1.54) is 0 Å². The first kappa shape index (κ1) is 16.2. The number of nitrogens with zero attached hydrogens (tertiary/aromatic N) is 1. The molecule has 24 heavy (non-hydrogen) atoms. The molecule has 4 nitrogen and oxygen atoms in total. The summed E-state index contributed by atoms with van der Waals surface area (Å²) in [4.78, 5) is 25.2. The molecule has 3 rings (SSSR count). The molecule has 2 amide bonds. The van der Waals surface area contributed by atoms with Crippen LogP contribution < -0.4 is 0 Å². The molecule has 2 aromatic rings. The minimum absolute atomic E-state index is 0.0541. The van der Waals surface area contributed by atoms with Gasteiger partial charge in [0.1, 0.15) is 6.61 Å². The number of ether oxygens (including phenoxy) is 1. The first-order valence-corrected chi connectivity index (χ1v) is 7.87. The van der Waals surface area contributed by atoms with E-state index in [1.807, 2.05) is 36.4 Å². The first-order valence-electron chi connectivity index (χ1n) is 7.87. The highest BCUT2D eigenvalue weighted by Crippen LogP contribution is 2.20. The van der Waals surface area contributed by atoms with E-state index in [2.05, 4.69) is 0 Å². The molecule has 2 atom stereocenters. The van der Waals surface area contributed by atoms with Crippen LogP contribution in [0.5, 0.6) is 0 Å². The second-order valence-corrected chi connectivity index (χ2v) is 5.79. The van der Waals surface area contributed by atoms with Crippen molar-refractivity contribution in [1.82, 2.24) is 4.90 Å². The predicted octanol–water partition coefficient (Wildman–Crippen LogP) is 3.16. The van der Waals surface area contributed by atoms with Gasteiger partial charge in [0.05, 0.1) is 6.04 Å². The topological polar surface area (TPSA) is 46.6 Å². The van der Waals surface area contributed by atoms with E-state index in [9.17, 15) is 14.0 Å². The third-order valence-corrected chi connectivity index (χ3v) is 4.04. The van der Waals surface area contributed by atoms with Crippen LogP contribution in [0.3, 0.4) is 0 Å². The van der Waals surface area contributed by atoms with Gasteiger partial charge in [0.2, 0.25) is 0 Å². The second kappa shape index (κ2) is 7.25. The molecule has 5 heteroatoms. The Morgan fingerprint density at radius 2 is 1.67 bits per heavy atom. The van der Waals surface area contributed by atoms with Gasteiger partial charge in [0.15, 0.2) is 6.17 Å². The lowest BCUT2D eigenvalue weighted by Gasteiger charge is -2.21. The van der Waals surface area contributed by atoms with Gasteiger partial charge in [-0.2, -0.15) is 0 Å². The van der Waals surface area contributed by atoms with Crippen LogP contribution in [0.15, 0.2) is 60.7 Å². The summed E-state index contributed by atoms with van der Waals surface area (Å²) in [7, 11) is 0. The minimum atomic E-state index is -1.77. The second-order valence-electron chi connectivity index (χ2n) is 5.79. The summed E-state index contributed by atoms with van der Waals surface area (Å²) in [6.07, 6.45) is -2.13. The largest absolute Gasteiger partial charge is 0.447 e. The first-order chi connectivity index (χ1) is 11.6. The van der Waals surface area contributed by atoms with Crippen molar-refractivity contribution in [1.29, 1.82) is 0 Å². The molecule has 0 bridgehead atoms. The molecule has 0 unspecified atom stereocenters. The highest BCUT2D eigenvalue weighted by atomic mass is 19.1. The van der Waals surface area contributed by atoms with E-state index in [0.717, 1.165) is 10.5 Å². The molecule has 1 fully saturated rings. The van der Waals surface area contributed by atoms with Crippen LogP contribution in [-0.2, 0) is 22.4 Å². The molecule has 1 aliphatic heterocycles. The van der Waals surface area contributed by atoms with Gasteiger partial charge < -0.3 is 4.74 Å². The molecule has 1 aliphatic rings. The van der Waals surface area contributed by atoms with Crippen molar-refractivity contribution < 1.29 is 18.7 Å². The van der Waals surface area contributed by atoms with Crippen molar-refractivity contribution in [3.63, 3.8) is 0 Å². The summed E-state index contributed by atoms with van der Waals surface area (Å²) >= 11 is 0. The monoisotopic (exact) mass is 327 g/mol. The molecule has 0 N–H and O–H groups in total. The van der Waals surface area contributed by atoms with Gasteiger partial charge in [-0.1, -0.05) is 60.7 Å². The lowest BCUT2D eigenvalue weighted by atomic mass is 10.0. The highest BCUT2D eigenvalue weighted by Gasteiger charge is 2.40. The normalized spacial score (nSPS) is 18.3. The molecule has 124 valence electrons. The predicted molar refractivity (Wildman–Crippen MR) is 87.2 cm³/mol. The quantitative estimate of drug-likeness (QED) is 0.847. The number of alkyl halides is 1. The number of carbonyl (C=O) groups excluding carboxylic acids is 2. The van der Waals surface area contributed by atoms with Gasteiger partial charge in [0, 0.05) is 6.42 Å². The molecule has 0 radical (unpaired) electrons. The Kier molecular flexibility index (Phi) is 4.89. The highest BCUT2D eigenvalue weighted by molar-refractivity contribution is 5.96. The molecule has 0 aromatic heterocycles. The maximum Gasteiger partial charge on any atom is 0.417 e. The van der Waals surface area contributed by atoms with Gasteiger partial charge in [-0.15, -0.1) is 0 Å². The average molecular weight is 327 g/mol. The van der Waals surface area contributed by atoms with Crippen molar-refractivity contribution in [2.24, 2.45) is 0 Å². The molecule has 1 heterocycles. The average Bonchev–Trinajstić information content (AvgIpc) is 2.96. The van der Waals surface area contributed by atoms with Crippen LogP contribution in [0.4, 0.5) is 9.18 Å². The molecular weight excluding hydrogens is 309 g/mol. The molecule has 2 aromatic carbocycles. The summed E-state index contributed by atoms with van der Waals surface area (Å²) in [5.74, 6) is -0.831. The summed E-state index contributed by atoms with van der Waals surface area (Å²) in [5, 5.41) is 0. The number of rotatable bonds is 5. The Hall–Kier alpha value is -2.69. The fraction of sp³-hybridized carbons (Fsp3) is 0.263. The maximum absolute atomic E-state index is 14.4. The number of cyclic esters (lactones) is 1. The van der Waals surface area contributed by atoms with Gasteiger partial charge in [0.25, 0.3) is 5.91 Å². The third kappa shape index (κ3) is 3.62. The molecule has 0 saturated carbocycles. The smallest absolute Gasteiger partial charge is 0.417 e. The van der Waals surface area contributed by atoms with Crippen molar-refractivity contribution >= 4 is 12.0 Å². The standard InChI is InChI=1S/C19H18FNO3/c20-17(12-15-9-5-2-6-10-15)18(22)21-16(13-24-19(21)23)11-14-7-3-1-4-8-14/h1-10,16-17H,11-13H2/t16-,17-/m1/s1. The van der Waals surface area contributed by atoms with Crippen LogP contribution in [0.25, 0.3) is 0 Å². The Morgan fingerprint density at radius 3 is 2.29 bits per heavy atom. The third-order valence-electron chi connectivity index (χ3n) is 4.04. The molecule has 0 aliphatic carbocycles. The van der Waals surface area contributed by atoms with Crippen LogP contribution in [0.1, 0.15) is 11.1 Å². The summed E-state index contributed by atoms with van der Waals surface area (Å²) in [6.45, 7) is 0.0948. The van der Waals surface area contributed by atoms with Crippen molar-refractivity contribution in [2.45, 2.75) is 25.1 Å². The number of hydrogen-bond acceptors (Lipinski definition) is 3. The molecule has 0 spiro atoms. The van der Waals surface area contributed by atoms with Crippen LogP contribution >= 0.6 is 0 Å². The Labute approximate surface area is 139 Å². The van der Waals surface area contributed by atoms with E-state index in [4.69, 9.17) is 4.74 Å². The van der Waals surface area contributed by atoms with E-state index in [-0.39, 0.29) is 13.0 Å². The van der Waals surface area contributed by atoms with Crippen molar-refractivity contribution in [3.05, 3.63) is 71.8 Å². The minimum Gasteiger partial charge on any atom is -0.447 e. The van der Waals surface area contributed by atoms with Gasteiger partial charge in [-0.25, -0.2) is 14.1 Å². The van der Waals surface area contributed by atoms with Crippen LogP contribution in [0.2, 0.25) is 0 Å². The number of benzene rings is 2. The number of carbonyl (C=O) groups is 2. The molecular formula is C19H18FNO3. The fourth-order valence-corrected chi connectivity index (χ4v) is 2.83. The van der Waals surface area contributed by atoms with Gasteiger partial charge >= 0.3 is 6.09 Å². The molecule has 1 saturated heterocycles. The zero-order chi connectivity index (χ0) is 16.9. The van der Waals surface area contributed by atoms with E-state index < -0.39 is 24.2 Å². The van der Waals surface area contributed by atoms with E-state index in [1.54, 1.807) is 24.3 Å². The number of hydrogen-bond donors (Lipinski definition) is 0. The zero-order valence-corrected chi connectivity index (χ0v) is 13.1. The van der Waals surface area contributed by atoms with E-state index in [0.29, 0.717) is 12.0 Å². The summed E-state index contributed by atoms with van der Waals surface area (Å²) < 4.78 is 19.4. The van der Waals surface area contributed by atoms with Crippen LogP contribution in [0, 0.1) is 0 Å². The fourth-order valence-electron chi connectivity index (χ4n) is 2.83. The van der Waals surface area contributed by atoms with Crippen molar-refractivity contribution in [2.75, 3.05) is 6.61 Å². The lowest BCUT2D eigenvalue weighted by Crippen LogP contribution is -2.45. The zero-order valence-electron chi connectivity index (χ0n) is 13.1. The summed E-state index contributed by atoms with van der Waals surface area (Å²) in [6, 6.07) is 17.9. The Balaban J connectivity index is 1.70. The Morgan fingerprint density at radius 1 is 1.08 bits per heavy atom. The number of imide groups is 1. The van der Waals surface area contributed by atoms with Crippen molar-refractivity contribution in [3.8, 4) is 0 Å². The van der Waals surface area contributed by atoms with Gasteiger partial charge in [-0.3, -0.25) is 4.79 Å².